The molecule has 2 aliphatic heterocycles. The van der Waals surface area contributed by atoms with E-state index in [9.17, 15) is 0 Å². The lowest BCUT2D eigenvalue weighted by molar-refractivity contribution is 0.688. The van der Waals surface area contributed by atoms with Gasteiger partial charge in [-0.1, -0.05) is 91.0 Å². The molecule has 1 atom stereocenters. The van der Waals surface area contributed by atoms with Crippen LogP contribution in [0.5, 0.6) is 0 Å². The normalized spacial score (nSPS) is 18.8. The first-order valence-electron chi connectivity index (χ1n) is 14.5. The standard InChI is InChI=1S/C39H27NS2/c1-42(2)36-21-10-6-16-29(36)39(31-22-27-25-13-4-9-20-34(25)41-35(27)23-37(31)42)28-15-5-8-19-33(28)40-32-18-7-3-12-24(32)26-14-11-17-30(39)38(26)40/h3-23H,1-2H3. The molecule has 6 aromatic carbocycles. The van der Waals surface area contributed by atoms with Crippen molar-refractivity contribution in [2.24, 2.45) is 0 Å². The lowest BCUT2D eigenvalue weighted by Crippen LogP contribution is -2.39. The van der Waals surface area contributed by atoms with Crippen molar-refractivity contribution in [3.8, 4) is 5.69 Å². The van der Waals surface area contributed by atoms with E-state index in [0.29, 0.717) is 0 Å². The van der Waals surface area contributed by atoms with Gasteiger partial charge in [-0.05, 0) is 81.0 Å². The topological polar surface area (TPSA) is 4.93 Å². The van der Waals surface area contributed by atoms with Crippen molar-refractivity contribution in [2.75, 3.05) is 12.5 Å². The first-order chi connectivity index (χ1) is 20.6. The van der Waals surface area contributed by atoms with E-state index in [2.05, 4.69) is 144 Å². The molecular weight excluding hydrogens is 547 g/mol. The number of rotatable bonds is 0. The van der Waals surface area contributed by atoms with Crippen LogP contribution in [0.2, 0.25) is 0 Å². The highest BCUT2D eigenvalue weighted by atomic mass is 32.3. The van der Waals surface area contributed by atoms with Crippen LogP contribution in [-0.2, 0) is 5.41 Å². The predicted molar refractivity (Wildman–Crippen MR) is 182 cm³/mol. The van der Waals surface area contributed by atoms with E-state index in [4.69, 9.17) is 0 Å². The van der Waals surface area contributed by atoms with Crippen LogP contribution in [0.4, 0.5) is 0 Å². The number of hydrogen-bond acceptors (Lipinski definition) is 1. The van der Waals surface area contributed by atoms with Crippen molar-refractivity contribution in [1.29, 1.82) is 0 Å². The Bertz CT molecular complexity index is 2460. The quantitative estimate of drug-likeness (QED) is 0.170. The second-order valence-corrected chi connectivity index (χ2v) is 16.7. The molecule has 10 rings (SSSR count). The first-order valence-corrected chi connectivity index (χ1v) is 17.8. The van der Waals surface area contributed by atoms with Crippen LogP contribution in [-0.4, -0.2) is 17.1 Å². The molecule has 42 heavy (non-hydrogen) atoms. The third-order valence-electron chi connectivity index (χ3n) is 9.92. The van der Waals surface area contributed by atoms with Gasteiger partial charge in [-0.3, -0.25) is 0 Å². The van der Waals surface area contributed by atoms with Gasteiger partial charge in [0.05, 0.1) is 22.1 Å². The van der Waals surface area contributed by atoms with Crippen LogP contribution in [0.3, 0.4) is 0 Å². The second-order valence-electron chi connectivity index (χ2n) is 12.1. The number of hydrogen-bond donors (Lipinski definition) is 0. The van der Waals surface area contributed by atoms with Gasteiger partial charge in [-0.25, -0.2) is 0 Å². The highest BCUT2D eigenvalue weighted by molar-refractivity contribution is 8.32. The number of nitrogens with zero attached hydrogens (tertiary/aromatic N) is 1. The molecule has 1 nitrogen and oxygen atoms in total. The van der Waals surface area contributed by atoms with Gasteiger partial charge in [0, 0.05) is 30.9 Å². The van der Waals surface area contributed by atoms with Gasteiger partial charge < -0.3 is 4.57 Å². The highest BCUT2D eigenvalue weighted by Crippen LogP contribution is 2.70. The summed E-state index contributed by atoms with van der Waals surface area (Å²) in [6.45, 7) is 0. The average molecular weight is 574 g/mol. The van der Waals surface area contributed by atoms with Gasteiger partial charge in [0.15, 0.2) is 0 Å². The fourth-order valence-corrected chi connectivity index (χ4v) is 12.0. The molecule has 1 unspecified atom stereocenters. The maximum absolute atomic E-state index is 2.59. The maximum atomic E-state index is 2.59. The fourth-order valence-electron chi connectivity index (χ4n) is 8.24. The summed E-state index contributed by atoms with van der Waals surface area (Å²) in [6, 6.07) is 48.6. The smallest absolute Gasteiger partial charge is 0.0763 e. The fraction of sp³-hybridized carbons (Fsp3) is 0.0769. The SMILES string of the molecule is CS1(C)c2ccccc2C2(c3ccccc3-n3c4ccccc4c4cccc2c43)c2cc3c(cc21)sc1ccccc13. The molecule has 0 radical (unpaired) electrons. The van der Waals surface area contributed by atoms with Gasteiger partial charge >= 0.3 is 0 Å². The summed E-state index contributed by atoms with van der Waals surface area (Å²) in [7, 11) is -1.28. The van der Waals surface area contributed by atoms with E-state index in [1.165, 1.54) is 79.7 Å². The Labute approximate surface area is 250 Å². The summed E-state index contributed by atoms with van der Waals surface area (Å²) in [4.78, 5) is 3.01. The Morgan fingerprint density at radius 3 is 2.12 bits per heavy atom. The largest absolute Gasteiger partial charge is 0.309 e. The van der Waals surface area contributed by atoms with Crippen LogP contribution in [0.1, 0.15) is 22.3 Å². The number of aromatic nitrogens is 1. The molecule has 0 N–H and O–H groups in total. The zero-order valence-electron chi connectivity index (χ0n) is 23.4. The number of fused-ring (bicyclic) bond motifs is 14. The van der Waals surface area contributed by atoms with Crippen molar-refractivity contribution >= 4 is 63.3 Å². The Morgan fingerprint density at radius 2 is 1.21 bits per heavy atom. The molecule has 200 valence electrons. The van der Waals surface area contributed by atoms with Crippen molar-refractivity contribution in [1.82, 2.24) is 4.57 Å². The molecule has 1 spiro atoms. The average Bonchev–Trinajstić information content (AvgIpc) is 3.57. The van der Waals surface area contributed by atoms with Crippen molar-refractivity contribution in [2.45, 2.75) is 15.2 Å². The van der Waals surface area contributed by atoms with Crippen LogP contribution in [0.25, 0.3) is 47.7 Å². The maximum Gasteiger partial charge on any atom is 0.0763 e. The Balaban J connectivity index is 1.50. The van der Waals surface area contributed by atoms with Gasteiger partial charge in [0.25, 0.3) is 0 Å². The van der Waals surface area contributed by atoms with E-state index in [1.54, 1.807) is 0 Å². The molecule has 0 amide bonds. The molecule has 3 heteroatoms. The molecule has 0 saturated heterocycles. The lowest BCUT2D eigenvalue weighted by atomic mass is 9.62. The summed E-state index contributed by atoms with van der Waals surface area (Å²) in [5.41, 5.74) is 9.12. The molecule has 0 aliphatic carbocycles. The highest BCUT2D eigenvalue weighted by Gasteiger charge is 2.52. The monoisotopic (exact) mass is 573 g/mol. The Morgan fingerprint density at radius 1 is 0.524 bits per heavy atom. The summed E-state index contributed by atoms with van der Waals surface area (Å²) in [5.74, 6) is 0. The number of thiophene rings is 1. The third-order valence-corrected chi connectivity index (χ3v) is 13.9. The summed E-state index contributed by atoms with van der Waals surface area (Å²) < 4.78 is 5.29. The van der Waals surface area contributed by atoms with Gasteiger partial charge in [0.2, 0.25) is 0 Å². The summed E-state index contributed by atoms with van der Waals surface area (Å²) in [5, 5.41) is 5.38. The second kappa shape index (κ2) is 7.74. The van der Waals surface area contributed by atoms with E-state index in [-0.39, 0.29) is 0 Å². The van der Waals surface area contributed by atoms with Crippen molar-refractivity contribution in [3.63, 3.8) is 0 Å². The summed E-state index contributed by atoms with van der Waals surface area (Å²) in [6.07, 6.45) is 5.01. The number of para-hydroxylation sites is 3. The zero-order chi connectivity index (χ0) is 27.8. The van der Waals surface area contributed by atoms with Crippen LogP contribution in [0.15, 0.2) is 137 Å². The molecule has 2 aliphatic rings. The van der Waals surface area contributed by atoms with Gasteiger partial charge in [-0.15, -0.1) is 11.3 Å². The van der Waals surface area contributed by atoms with Crippen LogP contribution >= 0.6 is 21.4 Å². The lowest BCUT2D eigenvalue weighted by Gasteiger charge is -2.51. The molecule has 0 bridgehead atoms. The third kappa shape index (κ3) is 2.55. The minimum Gasteiger partial charge on any atom is -0.309 e. The minimum absolute atomic E-state index is 0.424. The molecule has 0 fully saturated rings. The van der Waals surface area contributed by atoms with Gasteiger partial charge in [-0.2, -0.15) is 10.0 Å². The first kappa shape index (κ1) is 23.3. The van der Waals surface area contributed by atoms with Crippen LogP contribution in [0, 0.1) is 0 Å². The van der Waals surface area contributed by atoms with E-state index >= 15 is 0 Å². The molecule has 8 aromatic rings. The Kier molecular flexibility index (Phi) is 4.29. The molecule has 0 saturated carbocycles. The number of benzene rings is 6. The Hall–Kier alpha value is -4.31. The van der Waals surface area contributed by atoms with Crippen molar-refractivity contribution in [3.05, 3.63) is 150 Å². The minimum atomic E-state index is -1.28. The summed E-state index contributed by atoms with van der Waals surface area (Å²) >= 11 is 1.93. The van der Waals surface area contributed by atoms with Crippen LogP contribution < -0.4 is 0 Å². The zero-order valence-corrected chi connectivity index (χ0v) is 25.0. The van der Waals surface area contributed by atoms with Crippen molar-refractivity contribution < 1.29 is 0 Å². The van der Waals surface area contributed by atoms with E-state index in [1.807, 2.05) is 11.3 Å². The van der Waals surface area contributed by atoms with E-state index in [0.717, 1.165) is 0 Å². The predicted octanol–water partition coefficient (Wildman–Crippen LogP) is 10.6. The van der Waals surface area contributed by atoms with Gasteiger partial charge in [0.1, 0.15) is 0 Å². The van der Waals surface area contributed by atoms with E-state index < -0.39 is 15.4 Å². The molecule has 4 heterocycles. The molecule has 2 aromatic heterocycles. The molecular formula is C39H27NS2.